The number of para-hydroxylation sites is 1. The molecule has 4 aromatic rings. The Morgan fingerprint density at radius 1 is 0.750 bits per heavy atom. The molecule has 3 aromatic carbocycles. The van der Waals surface area contributed by atoms with Crippen LogP contribution in [0.15, 0.2) is 72.8 Å². The molecule has 0 fully saturated rings. The minimum Gasteiger partial charge on any atom is -0.497 e. The van der Waals surface area contributed by atoms with Crippen LogP contribution in [0.1, 0.15) is 16.8 Å². The molecule has 0 spiro atoms. The van der Waals surface area contributed by atoms with E-state index in [2.05, 4.69) is 16.8 Å². The van der Waals surface area contributed by atoms with E-state index < -0.39 is 11.9 Å². The molecule has 3 nitrogen and oxygen atoms in total. The van der Waals surface area contributed by atoms with Gasteiger partial charge in [0.05, 0.1) is 25.3 Å². The number of fused-ring (bicyclic) bond motifs is 1. The van der Waals surface area contributed by atoms with E-state index in [1.54, 1.807) is 72.8 Å². The number of aromatic nitrogens is 1. The van der Waals surface area contributed by atoms with Gasteiger partial charge >= 0.3 is 6.18 Å². The van der Waals surface area contributed by atoms with Crippen molar-refractivity contribution in [3.05, 3.63) is 89.6 Å². The van der Waals surface area contributed by atoms with Gasteiger partial charge in [0.2, 0.25) is 0 Å². The van der Waals surface area contributed by atoms with Gasteiger partial charge in [-0.25, -0.2) is 4.98 Å². The summed E-state index contributed by atoms with van der Waals surface area (Å²) in [7, 11) is 3.07. The van der Waals surface area contributed by atoms with Crippen molar-refractivity contribution in [2.75, 3.05) is 14.2 Å². The number of nitrogens with zero attached hydrogens (tertiary/aromatic N) is 1. The van der Waals surface area contributed by atoms with Gasteiger partial charge in [-0.3, -0.25) is 0 Å². The van der Waals surface area contributed by atoms with Crippen molar-refractivity contribution in [3.8, 4) is 34.5 Å². The molecule has 0 saturated carbocycles. The molecule has 160 valence electrons. The first-order valence-corrected chi connectivity index (χ1v) is 9.71. The molecule has 0 unspecified atom stereocenters. The predicted octanol–water partition coefficient (Wildman–Crippen LogP) is 6.34. The van der Waals surface area contributed by atoms with Gasteiger partial charge in [0.25, 0.3) is 0 Å². The third-order valence-electron chi connectivity index (χ3n) is 4.96. The van der Waals surface area contributed by atoms with Crippen molar-refractivity contribution in [2.45, 2.75) is 6.18 Å². The van der Waals surface area contributed by atoms with Crippen molar-refractivity contribution < 1.29 is 22.6 Å². The molecule has 1 aromatic heterocycles. The van der Waals surface area contributed by atoms with Crippen LogP contribution in [0.25, 0.3) is 22.0 Å². The summed E-state index contributed by atoms with van der Waals surface area (Å²) in [6, 6.07) is 20.4. The Hall–Kier alpha value is -3.98. The van der Waals surface area contributed by atoms with Crippen LogP contribution >= 0.6 is 0 Å². The van der Waals surface area contributed by atoms with E-state index in [0.717, 1.165) is 0 Å². The van der Waals surface area contributed by atoms with Gasteiger partial charge in [0, 0.05) is 16.5 Å². The summed E-state index contributed by atoms with van der Waals surface area (Å²) in [5.74, 6) is 6.85. The average Bonchev–Trinajstić information content (AvgIpc) is 2.81. The molecule has 0 saturated heterocycles. The van der Waals surface area contributed by atoms with Crippen molar-refractivity contribution in [1.29, 1.82) is 0 Å². The summed E-state index contributed by atoms with van der Waals surface area (Å²) < 4.78 is 52.5. The zero-order valence-electron chi connectivity index (χ0n) is 17.3. The lowest BCUT2D eigenvalue weighted by molar-refractivity contribution is -0.141. The number of pyridine rings is 1. The smallest absolute Gasteiger partial charge is 0.434 e. The Morgan fingerprint density at radius 2 is 1.34 bits per heavy atom. The summed E-state index contributed by atoms with van der Waals surface area (Å²) in [6.45, 7) is 0. The van der Waals surface area contributed by atoms with E-state index in [4.69, 9.17) is 9.47 Å². The zero-order chi connectivity index (χ0) is 22.7. The van der Waals surface area contributed by atoms with E-state index >= 15 is 0 Å². The van der Waals surface area contributed by atoms with E-state index in [1.807, 2.05) is 0 Å². The number of halogens is 3. The summed E-state index contributed by atoms with van der Waals surface area (Å²) in [6.07, 6.45) is -4.67. The molecule has 32 heavy (non-hydrogen) atoms. The van der Waals surface area contributed by atoms with Crippen molar-refractivity contribution in [3.63, 3.8) is 0 Å². The summed E-state index contributed by atoms with van der Waals surface area (Å²) in [4.78, 5) is 3.93. The highest BCUT2D eigenvalue weighted by atomic mass is 19.4. The lowest BCUT2D eigenvalue weighted by atomic mass is 9.93. The summed E-state index contributed by atoms with van der Waals surface area (Å²) >= 11 is 0. The Morgan fingerprint density at radius 3 is 1.94 bits per heavy atom. The van der Waals surface area contributed by atoms with Crippen LogP contribution in [0.5, 0.6) is 11.5 Å². The highest BCUT2D eigenvalue weighted by molar-refractivity contribution is 5.98. The van der Waals surface area contributed by atoms with Crippen LogP contribution in [0, 0.1) is 11.8 Å². The van der Waals surface area contributed by atoms with Crippen molar-refractivity contribution in [1.82, 2.24) is 4.98 Å². The van der Waals surface area contributed by atoms with Crippen LogP contribution in [-0.4, -0.2) is 19.2 Å². The second-order valence-electron chi connectivity index (χ2n) is 6.93. The number of hydrogen-bond acceptors (Lipinski definition) is 3. The molecule has 0 aliphatic heterocycles. The number of ether oxygens (including phenoxy) is 2. The predicted molar refractivity (Wildman–Crippen MR) is 118 cm³/mol. The monoisotopic (exact) mass is 433 g/mol. The fourth-order valence-corrected chi connectivity index (χ4v) is 3.41. The van der Waals surface area contributed by atoms with Gasteiger partial charge in [-0.05, 0) is 48.0 Å². The average molecular weight is 433 g/mol. The number of rotatable bonds is 3. The molecular weight excluding hydrogens is 415 g/mol. The normalized spacial score (nSPS) is 11.0. The van der Waals surface area contributed by atoms with E-state index in [0.29, 0.717) is 33.6 Å². The van der Waals surface area contributed by atoms with Crippen LogP contribution < -0.4 is 9.47 Å². The van der Waals surface area contributed by atoms with Crippen molar-refractivity contribution >= 4 is 10.9 Å². The number of alkyl halides is 3. The Balaban J connectivity index is 2.01. The third kappa shape index (κ3) is 4.23. The lowest BCUT2D eigenvalue weighted by Gasteiger charge is -2.16. The van der Waals surface area contributed by atoms with Crippen molar-refractivity contribution in [2.24, 2.45) is 0 Å². The molecule has 0 aliphatic rings. The molecule has 0 radical (unpaired) electrons. The highest BCUT2D eigenvalue weighted by Crippen LogP contribution is 2.39. The molecule has 0 N–H and O–H groups in total. The Labute approximate surface area is 183 Å². The minimum absolute atomic E-state index is 0.169. The quantitative estimate of drug-likeness (QED) is 0.354. The molecule has 0 aliphatic carbocycles. The van der Waals surface area contributed by atoms with Crippen LogP contribution in [0.4, 0.5) is 13.2 Å². The summed E-state index contributed by atoms with van der Waals surface area (Å²) in [5.41, 5.74) is 0.606. The lowest BCUT2D eigenvalue weighted by Crippen LogP contribution is -2.12. The van der Waals surface area contributed by atoms with Crippen LogP contribution in [0.3, 0.4) is 0 Å². The van der Waals surface area contributed by atoms with E-state index in [9.17, 15) is 13.2 Å². The molecule has 6 heteroatoms. The number of benzene rings is 3. The maximum atomic E-state index is 14.0. The first kappa shape index (κ1) is 21.3. The first-order valence-electron chi connectivity index (χ1n) is 9.71. The molecule has 0 atom stereocenters. The van der Waals surface area contributed by atoms with Gasteiger partial charge in [-0.2, -0.15) is 13.2 Å². The fourth-order valence-electron chi connectivity index (χ4n) is 3.41. The summed E-state index contributed by atoms with van der Waals surface area (Å²) in [5, 5.41) is 0.588. The Kier molecular flexibility index (Phi) is 5.74. The first-order chi connectivity index (χ1) is 15.4. The van der Waals surface area contributed by atoms with Gasteiger partial charge in [-0.1, -0.05) is 42.2 Å². The standard InChI is InChI=1S/C26H18F3NO2/c1-31-19-12-7-17(8-13-19)9-16-22-24(18-10-14-20(32-2)15-11-18)21-5-3-4-6-23(21)30-25(22)26(27,28)29/h3-8,10-15H,1-2H3. The number of methoxy groups -OCH3 is 2. The largest absolute Gasteiger partial charge is 0.497 e. The van der Waals surface area contributed by atoms with Crippen LogP contribution in [-0.2, 0) is 6.18 Å². The minimum atomic E-state index is -4.67. The van der Waals surface area contributed by atoms with Gasteiger partial charge < -0.3 is 9.47 Å². The van der Waals surface area contributed by atoms with E-state index in [-0.39, 0.29) is 11.1 Å². The highest BCUT2D eigenvalue weighted by Gasteiger charge is 2.37. The maximum Gasteiger partial charge on any atom is 0.434 e. The zero-order valence-corrected chi connectivity index (χ0v) is 17.3. The van der Waals surface area contributed by atoms with Gasteiger partial charge in [0.1, 0.15) is 11.5 Å². The van der Waals surface area contributed by atoms with Gasteiger partial charge in [0.15, 0.2) is 5.69 Å². The SMILES string of the molecule is COc1ccc(C#Cc2c(C(F)(F)F)nc3ccccc3c2-c2ccc(OC)cc2)cc1. The molecular formula is C26H18F3NO2. The molecule has 0 amide bonds. The van der Waals surface area contributed by atoms with Crippen LogP contribution in [0.2, 0.25) is 0 Å². The molecule has 1 heterocycles. The van der Waals surface area contributed by atoms with E-state index in [1.165, 1.54) is 14.2 Å². The topological polar surface area (TPSA) is 31.4 Å². The fraction of sp³-hybridized carbons (Fsp3) is 0.115. The second kappa shape index (κ2) is 8.64. The van der Waals surface area contributed by atoms with Gasteiger partial charge in [-0.15, -0.1) is 0 Å². The molecule has 0 bridgehead atoms. The number of hydrogen-bond donors (Lipinski definition) is 0. The maximum absolute atomic E-state index is 14.0. The third-order valence-corrected chi connectivity index (χ3v) is 4.96. The molecule has 4 rings (SSSR count). The Bertz CT molecular complexity index is 1320. The second-order valence-corrected chi connectivity index (χ2v) is 6.93.